The average Bonchev–Trinajstić information content (AvgIpc) is 2.96. The van der Waals surface area contributed by atoms with Crippen LogP contribution in [-0.4, -0.2) is 44.1 Å². The Hall–Kier alpha value is -1.88. The number of carbonyl (C=O) groups excluding carboxylic acids is 2. The monoisotopic (exact) mass is 277 g/mol. The van der Waals surface area contributed by atoms with Gasteiger partial charge in [0.15, 0.2) is 0 Å². The number of ether oxygens (including phenoxy) is 2. The van der Waals surface area contributed by atoms with Gasteiger partial charge in [0.05, 0.1) is 19.6 Å². The van der Waals surface area contributed by atoms with Gasteiger partial charge >= 0.3 is 5.97 Å². The van der Waals surface area contributed by atoms with Gasteiger partial charge in [0.25, 0.3) is 5.91 Å². The highest BCUT2D eigenvalue weighted by Gasteiger charge is 2.32. The van der Waals surface area contributed by atoms with Crippen molar-refractivity contribution in [1.82, 2.24) is 4.90 Å². The average molecular weight is 277 g/mol. The lowest BCUT2D eigenvalue weighted by molar-refractivity contribution is -0.144. The molecule has 1 fully saturated rings. The van der Waals surface area contributed by atoms with E-state index < -0.39 is 0 Å². The molecule has 0 saturated carbocycles. The predicted molar refractivity (Wildman–Crippen MR) is 73.2 cm³/mol. The molecule has 1 saturated heterocycles. The van der Waals surface area contributed by atoms with Crippen LogP contribution in [0.15, 0.2) is 24.3 Å². The minimum atomic E-state index is -0.242. The van der Waals surface area contributed by atoms with Gasteiger partial charge in [0.1, 0.15) is 0 Å². The zero-order valence-corrected chi connectivity index (χ0v) is 11.8. The largest absolute Gasteiger partial charge is 0.469 e. The molecule has 0 aromatic heterocycles. The summed E-state index contributed by atoms with van der Waals surface area (Å²) in [5.41, 5.74) is 1.59. The second-order valence-corrected chi connectivity index (χ2v) is 4.89. The number of rotatable bonds is 4. The molecule has 0 radical (unpaired) electrons. The van der Waals surface area contributed by atoms with Crippen LogP contribution in [0.2, 0.25) is 0 Å². The molecule has 0 aliphatic carbocycles. The first-order valence-corrected chi connectivity index (χ1v) is 6.60. The van der Waals surface area contributed by atoms with Crippen LogP contribution < -0.4 is 0 Å². The van der Waals surface area contributed by atoms with Crippen molar-refractivity contribution in [3.05, 3.63) is 35.4 Å². The Morgan fingerprint density at radius 1 is 1.35 bits per heavy atom. The Morgan fingerprint density at radius 3 is 2.85 bits per heavy atom. The van der Waals surface area contributed by atoms with Crippen LogP contribution in [0.5, 0.6) is 0 Å². The van der Waals surface area contributed by atoms with Crippen molar-refractivity contribution in [2.24, 2.45) is 5.92 Å². The van der Waals surface area contributed by atoms with E-state index in [1.54, 1.807) is 18.1 Å². The second-order valence-electron chi connectivity index (χ2n) is 4.89. The van der Waals surface area contributed by atoms with Crippen molar-refractivity contribution in [3.8, 4) is 0 Å². The molecule has 1 aromatic carbocycles. The summed E-state index contributed by atoms with van der Waals surface area (Å²) in [4.78, 5) is 25.6. The number of hydrogen-bond donors (Lipinski definition) is 0. The number of methoxy groups -OCH3 is 2. The summed E-state index contributed by atoms with van der Waals surface area (Å²) in [5, 5.41) is 0. The maximum absolute atomic E-state index is 12.4. The van der Waals surface area contributed by atoms with Crippen LogP contribution in [-0.2, 0) is 20.9 Å². The van der Waals surface area contributed by atoms with Crippen LogP contribution >= 0.6 is 0 Å². The number of hydrogen-bond acceptors (Lipinski definition) is 4. The highest BCUT2D eigenvalue weighted by Crippen LogP contribution is 2.20. The third-order valence-electron chi connectivity index (χ3n) is 3.49. The maximum atomic E-state index is 12.4. The van der Waals surface area contributed by atoms with Gasteiger partial charge in [-0.3, -0.25) is 9.59 Å². The first-order chi connectivity index (χ1) is 9.65. The minimum absolute atomic E-state index is 0.0469. The van der Waals surface area contributed by atoms with Crippen LogP contribution in [0.1, 0.15) is 22.3 Å². The SMILES string of the molecule is COCc1cccc(C(=O)N2CCC(C(=O)OC)C2)c1. The zero-order chi connectivity index (χ0) is 14.5. The third-order valence-corrected chi connectivity index (χ3v) is 3.49. The molecule has 1 aliphatic rings. The molecule has 2 rings (SSSR count). The van der Waals surface area contributed by atoms with E-state index in [1.807, 2.05) is 18.2 Å². The molecule has 1 aromatic rings. The normalized spacial score (nSPS) is 18.1. The van der Waals surface area contributed by atoms with E-state index in [-0.39, 0.29) is 17.8 Å². The van der Waals surface area contributed by atoms with Crippen molar-refractivity contribution in [2.45, 2.75) is 13.0 Å². The number of likely N-dealkylation sites (tertiary alicyclic amines) is 1. The second kappa shape index (κ2) is 6.52. The number of carbonyl (C=O) groups is 2. The zero-order valence-electron chi connectivity index (χ0n) is 11.8. The number of nitrogens with zero attached hydrogens (tertiary/aromatic N) is 1. The third kappa shape index (κ3) is 3.17. The molecule has 1 amide bonds. The van der Waals surface area contributed by atoms with Crippen LogP contribution in [0.25, 0.3) is 0 Å². The quantitative estimate of drug-likeness (QED) is 0.782. The predicted octanol–water partition coefficient (Wildman–Crippen LogP) is 1.47. The van der Waals surface area contributed by atoms with Gasteiger partial charge in [0.2, 0.25) is 0 Å². The summed E-state index contributed by atoms with van der Waals surface area (Å²) in [5.74, 6) is -0.492. The topological polar surface area (TPSA) is 55.8 Å². The van der Waals surface area contributed by atoms with Crippen molar-refractivity contribution in [2.75, 3.05) is 27.3 Å². The van der Waals surface area contributed by atoms with Crippen molar-refractivity contribution in [1.29, 1.82) is 0 Å². The fraction of sp³-hybridized carbons (Fsp3) is 0.467. The summed E-state index contributed by atoms with van der Waals surface area (Å²) in [6.45, 7) is 1.50. The van der Waals surface area contributed by atoms with Crippen molar-refractivity contribution >= 4 is 11.9 Å². The molecule has 0 bridgehead atoms. The van der Waals surface area contributed by atoms with E-state index in [2.05, 4.69) is 0 Å². The van der Waals surface area contributed by atoms with Gasteiger partial charge in [-0.05, 0) is 24.1 Å². The van der Waals surface area contributed by atoms with Gasteiger partial charge in [-0.2, -0.15) is 0 Å². The molecule has 0 spiro atoms. The molecule has 1 aliphatic heterocycles. The molecule has 1 atom stereocenters. The van der Waals surface area contributed by atoms with E-state index in [1.165, 1.54) is 7.11 Å². The van der Waals surface area contributed by atoms with E-state index >= 15 is 0 Å². The maximum Gasteiger partial charge on any atom is 0.310 e. The first-order valence-electron chi connectivity index (χ1n) is 6.60. The van der Waals surface area contributed by atoms with E-state index in [0.29, 0.717) is 31.7 Å². The van der Waals surface area contributed by atoms with Gasteiger partial charge in [-0.25, -0.2) is 0 Å². The fourth-order valence-electron chi connectivity index (χ4n) is 2.45. The van der Waals surface area contributed by atoms with Gasteiger partial charge in [0, 0.05) is 25.8 Å². The molecule has 0 N–H and O–H groups in total. The van der Waals surface area contributed by atoms with Crippen molar-refractivity contribution < 1.29 is 19.1 Å². The Balaban J connectivity index is 2.05. The summed E-state index contributed by atoms with van der Waals surface area (Å²) in [6, 6.07) is 7.38. The number of benzene rings is 1. The fourth-order valence-corrected chi connectivity index (χ4v) is 2.45. The summed E-state index contributed by atoms with van der Waals surface area (Å²) >= 11 is 0. The van der Waals surface area contributed by atoms with Gasteiger partial charge in [-0.15, -0.1) is 0 Å². The molecule has 108 valence electrons. The molecule has 1 unspecified atom stereocenters. The minimum Gasteiger partial charge on any atom is -0.469 e. The number of esters is 1. The highest BCUT2D eigenvalue weighted by atomic mass is 16.5. The Labute approximate surface area is 118 Å². The molecule has 1 heterocycles. The molecule has 5 nitrogen and oxygen atoms in total. The van der Waals surface area contributed by atoms with E-state index in [4.69, 9.17) is 9.47 Å². The van der Waals surface area contributed by atoms with Crippen LogP contribution in [0, 0.1) is 5.92 Å². The molecule has 20 heavy (non-hydrogen) atoms. The van der Waals surface area contributed by atoms with Crippen LogP contribution in [0.3, 0.4) is 0 Å². The first kappa shape index (κ1) is 14.5. The molecular formula is C15H19NO4. The summed E-state index contributed by atoms with van der Waals surface area (Å²) in [6.07, 6.45) is 0.663. The summed E-state index contributed by atoms with van der Waals surface area (Å²) < 4.78 is 9.79. The Kier molecular flexibility index (Phi) is 4.74. The highest BCUT2D eigenvalue weighted by molar-refractivity contribution is 5.95. The Morgan fingerprint density at radius 2 is 2.15 bits per heavy atom. The van der Waals surface area contributed by atoms with Crippen molar-refractivity contribution in [3.63, 3.8) is 0 Å². The Bertz CT molecular complexity index is 500. The lowest BCUT2D eigenvalue weighted by Gasteiger charge is -2.16. The van der Waals surface area contributed by atoms with Gasteiger partial charge < -0.3 is 14.4 Å². The van der Waals surface area contributed by atoms with E-state index in [0.717, 1.165) is 5.56 Å². The van der Waals surface area contributed by atoms with Gasteiger partial charge in [-0.1, -0.05) is 12.1 Å². The van der Waals surface area contributed by atoms with Crippen LogP contribution in [0.4, 0.5) is 0 Å². The number of amides is 1. The standard InChI is InChI=1S/C15H19NO4/c1-19-10-11-4-3-5-12(8-11)14(17)16-7-6-13(9-16)15(18)20-2/h3-5,8,13H,6-7,9-10H2,1-2H3. The molecule has 5 heteroatoms. The lowest BCUT2D eigenvalue weighted by atomic mass is 10.1. The smallest absolute Gasteiger partial charge is 0.310 e. The van der Waals surface area contributed by atoms with E-state index in [9.17, 15) is 9.59 Å². The lowest BCUT2D eigenvalue weighted by Crippen LogP contribution is -2.30. The molecular weight excluding hydrogens is 258 g/mol. The summed E-state index contributed by atoms with van der Waals surface area (Å²) in [7, 11) is 3.00.